The molecule has 0 spiro atoms. The van der Waals surface area contributed by atoms with Crippen LogP contribution in [0, 0.1) is 0 Å². The maximum Gasteiger partial charge on any atom is 0.0107 e. The monoisotopic (exact) mass is 151 g/mol. The van der Waals surface area contributed by atoms with E-state index < -0.39 is 0 Å². The molecule has 0 aliphatic heterocycles. The van der Waals surface area contributed by atoms with Crippen LogP contribution < -0.4 is 5.32 Å². The Morgan fingerprint density at radius 1 is 1.55 bits per heavy atom. The summed E-state index contributed by atoms with van der Waals surface area (Å²) in [5.41, 5.74) is 2.40. The first-order valence-corrected chi connectivity index (χ1v) is 3.95. The summed E-state index contributed by atoms with van der Waals surface area (Å²) < 4.78 is 0. The third-order valence-electron chi connectivity index (χ3n) is 1.61. The van der Waals surface area contributed by atoms with Gasteiger partial charge in [-0.05, 0) is 25.0 Å². The molecule has 0 saturated carbocycles. The first-order chi connectivity index (χ1) is 5.28. The van der Waals surface area contributed by atoms with Crippen LogP contribution in [-0.2, 0) is 0 Å². The van der Waals surface area contributed by atoms with E-state index in [1.807, 2.05) is 26.1 Å². The smallest absolute Gasteiger partial charge is 0.0107 e. The van der Waals surface area contributed by atoms with E-state index in [4.69, 9.17) is 0 Å². The van der Waals surface area contributed by atoms with Gasteiger partial charge in [-0.2, -0.15) is 0 Å². The molecule has 1 nitrogen and oxygen atoms in total. The highest BCUT2D eigenvalue weighted by Crippen LogP contribution is 2.03. The summed E-state index contributed by atoms with van der Waals surface area (Å²) >= 11 is 0. The van der Waals surface area contributed by atoms with Gasteiger partial charge in [-0.3, -0.25) is 0 Å². The van der Waals surface area contributed by atoms with Crippen molar-refractivity contribution in [1.29, 1.82) is 0 Å². The lowest BCUT2D eigenvalue weighted by molar-refractivity contribution is 0.899. The molecule has 0 aromatic carbocycles. The van der Waals surface area contributed by atoms with Crippen LogP contribution in [0.15, 0.2) is 36.1 Å². The van der Waals surface area contributed by atoms with E-state index in [-0.39, 0.29) is 0 Å². The van der Waals surface area contributed by atoms with E-state index in [0.717, 1.165) is 12.0 Å². The molecule has 1 heteroatoms. The van der Waals surface area contributed by atoms with E-state index in [9.17, 15) is 0 Å². The standard InChI is InChI=1S/C10H17N/c1-5-9(6-2)8-10(7-3)11-4/h5-6,8,11H,1,7H2,2-4H3/b9-6?,10-8-. The molecule has 0 amide bonds. The Labute approximate surface area is 69.5 Å². The zero-order chi connectivity index (χ0) is 8.69. The van der Waals surface area contributed by atoms with Crippen LogP contribution >= 0.6 is 0 Å². The van der Waals surface area contributed by atoms with Gasteiger partial charge in [-0.15, -0.1) is 0 Å². The number of hydrogen-bond donors (Lipinski definition) is 1. The molecule has 0 heterocycles. The van der Waals surface area contributed by atoms with Crippen molar-refractivity contribution in [2.75, 3.05) is 7.05 Å². The average molecular weight is 151 g/mol. The summed E-state index contributed by atoms with van der Waals surface area (Å²) in [5, 5.41) is 3.12. The molecule has 0 unspecified atom stereocenters. The topological polar surface area (TPSA) is 12.0 Å². The average Bonchev–Trinajstić information content (AvgIpc) is 2.07. The summed E-state index contributed by atoms with van der Waals surface area (Å²) in [4.78, 5) is 0. The highest BCUT2D eigenvalue weighted by Gasteiger charge is 1.88. The van der Waals surface area contributed by atoms with Crippen LogP contribution in [-0.4, -0.2) is 7.05 Å². The van der Waals surface area contributed by atoms with Gasteiger partial charge in [0.15, 0.2) is 0 Å². The zero-order valence-electron chi connectivity index (χ0n) is 7.65. The molecular weight excluding hydrogens is 134 g/mol. The summed E-state index contributed by atoms with van der Waals surface area (Å²) in [6.45, 7) is 7.85. The molecule has 0 aromatic rings. The normalized spacial score (nSPS) is 13.0. The number of allylic oxidation sites excluding steroid dienone is 5. The van der Waals surface area contributed by atoms with Gasteiger partial charge in [0, 0.05) is 12.7 Å². The van der Waals surface area contributed by atoms with Crippen LogP contribution in [0.25, 0.3) is 0 Å². The SMILES string of the molecule is C=CC(=CC)/C=C(/CC)NC. The number of rotatable bonds is 4. The molecular formula is C10H17N. The number of nitrogens with one attached hydrogen (secondary N) is 1. The second-order valence-electron chi connectivity index (χ2n) is 2.27. The van der Waals surface area contributed by atoms with Crippen LogP contribution in [0.3, 0.4) is 0 Å². The summed E-state index contributed by atoms with van der Waals surface area (Å²) in [6, 6.07) is 0. The lowest BCUT2D eigenvalue weighted by atomic mass is 10.2. The van der Waals surface area contributed by atoms with Crippen molar-refractivity contribution < 1.29 is 0 Å². The minimum atomic E-state index is 1.03. The van der Waals surface area contributed by atoms with Crippen molar-refractivity contribution in [2.45, 2.75) is 20.3 Å². The van der Waals surface area contributed by atoms with Crippen LogP contribution in [0.4, 0.5) is 0 Å². The Morgan fingerprint density at radius 3 is 2.45 bits per heavy atom. The molecule has 11 heavy (non-hydrogen) atoms. The maximum absolute atomic E-state index is 3.71. The molecule has 0 radical (unpaired) electrons. The molecule has 0 saturated heterocycles. The fourth-order valence-corrected chi connectivity index (χ4v) is 0.812. The van der Waals surface area contributed by atoms with Gasteiger partial charge in [-0.25, -0.2) is 0 Å². The molecule has 0 aliphatic carbocycles. The Balaban J connectivity index is 4.35. The predicted molar refractivity (Wildman–Crippen MR) is 51.4 cm³/mol. The van der Waals surface area contributed by atoms with Crippen LogP contribution in [0.1, 0.15) is 20.3 Å². The van der Waals surface area contributed by atoms with E-state index in [2.05, 4.69) is 24.9 Å². The third kappa shape index (κ3) is 3.66. The van der Waals surface area contributed by atoms with E-state index in [1.165, 1.54) is 5.70 Å². The molecule has 0 bridgehead atoms. The highest BCUT2D eigenvalue weighted by molar-refractivity contribution is 5.30. The fourth-order valence-electron chi connectivity index (χ4n) is 0.812. The molecule has 0 aliphatic rings. The summed E-state index contributed by atoms with van der Waals surface area (Å²) in [6.07, 6.45) is 7.03. The van der Waals surface area contributed by atoms with Gasteiger partial charge in [-0.1, -0.05) is 25.7 Å². The predicted octanol–water partition coefficient (Wildman–Crippen LogP) is 2.63. The summed E-state index contributed by atoms with van der Waals surface area (Å²) in [5.74, 6) is 0. The zero-order valence-corrected chi connectivity index (χ0v) is 7.65. The largest absolute Gasteiger partial charge is 0.391 e. The van der Waals surface area contributed by atoms with Crippen molar-refractivity contribution in [3.05, 3.63) is 36.1 Å². The van der Waals surface area contributed by atoms with Crippen molar-refractivity contribution in [3.8, 4) is 0 Å². The first kappa shape index (κ1) is 10.0. The van der Waals surface area contributed by atoms with Crippen molar-refractivity contribution in [3.63, 3.8) is 0 Å². The minimum Gasteiger partial charge on any atom is -0.391 e. The van der Waals surface area contributed by atoms with E-state index >= 15 is 0 Å². The second-order valence-corrected chi connectivity index (χ2v) is 2.27. The Hall–Kier alpha value is -0.980. The Bertz CT molecular complexity index is 169. The molecule has 0 fully saturated rings. The van der Waals surface area contributed by atoms with Gasteiger partial charge < -0.3 is 5.32 Å². The molecule has 0 aromatic heterocycles. The fraction of sp³-hybridized carbons (Fsp3) is 0.400. The Morgan fingerprint density at radius 2 is 2.18 bits per heavy atom. The van der Waals surface area contributed by atoms with Crippen molar-refractivity contribution >= 4 is 0 Å². The van der Waals surface area contributed by atoms with Gasteiger partial charge in [0.2, 0.25) is 0 Å². The van der Waals surface area contributed by atoms with Gasteiger partial charge in [0.25, 0.3) is 0 Å². The Kier molecular flexibility index (Phi) is 5.26. The van der Waals surface area contributed by atoms with Gasteiger partial charge >= 0.3 is 0 Å². The van der Waals surface area contributed by atoms with Crippen LogP contribution in [0.2, 0.25) is 0 Å². The maximum atomic E-state index is 3.71. The van der Waals surface area contributed by atoms with Crippen molar-refractivity contribution in [2.24, 2.45) is 0 Å². The number of hydrogen-bond acceptors (Lipinski definition) is 1. The first-order valence-electron chi connectivity index (χ1n) is 3.95. The molecule has 0 atom stereocenters. The quantitative estimate of drug-likeness (QED) is 0.609. The molecule has 62 valence electrons. The van der Waals surface area contributed by atoms with Crippen LogP contribution in [0.5, 0.6) is 0 Å². The van der Waals surface area contributed by atoms with Crippen molar-refractivity contribution in [1.82, 2.24) is 5.32 Å². The third-order valence-corrected chi connectivity index (χ3v) is 1.61. The molecule has 0 rings (SSSR count). The van der Waals surface area contributed by atoms with Gasteiger partial charge in [0.1, 0.15) is 0 Å². The highest BCUT2D eigenvalue weighted by atomic mass is 14.8. The second kappa shape index (κ2) is 5.78. The van der Waals surface area contributed by atoms with Gasteiger partial charge in [0.05, 0.1) is 0 Å². The summed E-state index contributed by atoms with van der Waals surface area (Å²) in [7, 11) is 1.94. The van der Waals surface area contributed by atoms with E-state index in [0.29, 0.717) is 0 Å². The van der Waals surface area contributed by atoms with E-state index in [1.54, 1.807) is 0 Å². The lowest BCUT2D eigenvalue weighted by Crippen LogP contribution is -2.04. The molecule has 1 N–H and O–H groups in total. The lowest BCUT2D eigenvalue weighted by Gasteiger charge is -2.02. The minimum absolute atomic E-state index is 1.03.